The number of carbonyl (C=O) groups is 1. The summed E-state index contributed by atoms with van der Waals surface area (Å²) in [5, 5.41) is 9.78. The van der Waals surface area contributed by atoms with Gasteiger partial charge in [-0.3, -0.25) is 9.69 Å². The number of hydrogen-bond acceptors (Lipinski definition) is 4. The Hall–Kier alpha value is -2.24. The van der Waals surface area contributed by atoms with E-state index in [2.05, 4.69) is 11.5 Å². The molecule has 0 spiro atoms. The molecule has 0 aromatic heterocycles. The smallest absolute Gasteiger partial charge is 0.168 e. The van der Waals surface area contributed by atoms with Gasteiger partial charge in [-0.15, -0.1) is 6.58 Å². The van der Waals surface area contributed by atoms with Crippen molar-refractivity contribution in [1.82, 2.24) is 4.90 Å². The Kier molecular flexibility index (Phi) is 9.55. The maximum absolute atomic E-state index is 14.1. The van der Waals surface area contributed by atoms with Gasteiger partial charge in [-0.2, -0.15) is 0 Å². The number of ketones is 1. The first kappa shape index (κ1) is 21.8. The van der Waals surface area contributed by atoms with Crippen LogP contribution in [0.25, 0.3) is 0 Å². The number of carbonyl (C=O) groups excluding carboxylic acids is 1. The Labute approximate surface area is 155 Å². The molecule has 4 nitrogen and oxygen atoms in total. The second-order valence-corrected chi connectivity index (χ2v) is 6.37. The third-order valence-corrected chi connectivity index (χ3v) is 3.53. The third kappa shape index (κ3) is 8.23. The molecule has 1 N–H and O–H groups in total. The van der Waals surface area contributed by atoms with E-state index in [9.17, 15) is 14.3 Å². The van der Waals surface area contributed by atoms with Gasteiger partial charge in [-0.05, 0) is 33.0 Å². The molecule has 1 rings (SSSR count). The molecule has 0 amide bonds. The van der Waals surface area contributed by atoms with Crippen LogP contribution in [0.4, 0.5) is 4.39 Å². The number of aliphatic hydroxyl groups is 1. The normalized spacial score (nSPS) is 12.2. The van der Waals surface area contributed by atoms with Crippen LogP contribution in [0.15, 0.2) is 54.7 Å². The van der Waals surface area contributed by atoms with Gasteiger partial charge in [-0.1, -0.05) is 29.9 Å². The van der Waals surface area contributed by atoms with Gasteiger partial charge >= 0.3 is 0 Å². The number of rotatable bonds is 11. The number of benzene rings is 1. The SMILES string of the molecule is C=CCN(C)C/C=C/COc1ccc(C(=O)C[C@H](O)C=C(C)C)c(F)c1. The average Bonchev–Trinajstić information content (AvgIpc) is 2.53. The first-order valence-corrected chi connectivity index (χ1v) is 8.56. The molecule has 0 aliphatic carbocycles. The maximum Gasteiger partial charge on any atom is 0.168 e. The zero-order chi connectivity index (χ0) is 19.5. The van der Waals surface area contributed by atoms with E-state index in [4.69, 9.17) is 4.74 Å². The first-order chi connectivity index (χ1) is 12.3. The minimum absolute atomic E-state index is 0.0415. The summed E-state index contributed by atoms with van der Waals surface area (Å²) >= 11 is 0. The van der Waals surface area contributed by atoms with E-state index in [1.54, 1.807) is 12.1 Å². The lowest BCUT2D eigenvalue weighted by atomic mass is 10.0. The van der Waals surface area contributed by atoms with Crippen molar-refractivity contribution in [1.29, 1.82) is 0 Å². The van der Waals surface area contributed by atoms with E-state index in [1.165, 1.54) is 12.1 Å². The van der Waals surface area contributed by atoms with Crippen LogP contribution in [0.3, 0.4) is 0 Å². The van der Waals surface area contributed by atoms with Gasteiger partial charge in [0.05, 0.1) is 11.7 Å². The lowest BCUT2D eigenvalue weighted by Crippen LogP contribution is -2.17. The molecular weight excluding hydrogens is 333 g/mol. The molecule has 0 fully saturated rings. The van der Waals surface area contributed by atoms with Gasteiger partial charge in [-0.25, -0.2) is 4.39 Å². The Morgan fingerprint density at radius 1 is 1.35 bits per heavy atom. The Bertz CT molecular complexity index is 663. The zero-order valence-corrected chi connectivity index (χ0v) is 15.7. The molecule has 26 heavy (non-hydrogen) atoms. The third-order valence-electron chi connectivity index (χ3n) is 3.53. The predicted octanol–water partition coefficient (Wildman–Crippen LogP) is 3.78. The highest BCUT2D eigenvalue weighted by Crippen LogP contribution is 2.19. The average molecular weight is 361 g/mol. The van der Waals surface area contributed by atoms with E-state index in [-0.39, 0.29) is 12.0 Å². The Balaban J connectivity index is 2.56. The second kappa shape index (κ2) is 11.4. The van der Waals surface area contributed by atoms with Crippen LogP contribution in [-0.2, 0) is 0 Å². The minimum Gasteiger partial charge on any atom is -0.489 e. The van der Waals surface area contributed by atoms with Crippen molar-refractivity contribution < 1.29 is 19.0 Å². The van der Waals surface area contributed by atoms with Gasteiger partial charge in [0, 0.05) is 25.6 Å². The van der Waals surface area contributed by atoms with Crippen LogP contribution in [0.5, 0.6) is 5.75 Å². The van der Waals surface area contributed by atoms with E-state index in [0.717, 1.165) is 18.7 Å². The van der Waals surface area contributed by atoms with E-state index in [1.807, 2.05) is 39.1 Å². The summed E-state index contributed by atoms with van der Waals surface area (Å²) in [6.45, 7) is 9.21. The number of halogens is 1. The number of Topliss-reactive ketones (excluding diaryl/α,β-unsaturated/α-hetero) is 1. The highest BCUT2D eigenvalue weighted by atomic mass is 19.1. The Morgan fingerprint density at radius 2 is 2.08 bits per heavy atom. The van der Waals surface area contributed by atoms with Crippen molar-refractivity contribution >= 4 is 5.78 Å². The first-order valence-electron chi connectivity index (χ1n) is 8.56. The summed E-state index contributed by atoms with van der Waals surface area (Å²) < 4.78 is 19.6. The summed E-state index contributed by atoms with van der Waals surface area (Å²) in [6.07, 6.45) is 6.16. The van der Waals surface area contributed by atoms with Crippen molar-refractivity contribution in [2.45, 2.75) is 26.4 Å². The van der Waals surface area contributed by atoms with Crippen LogP contribution >= 0.6 is 0 Å². The second-order valence-electron chi connectivity index (χ2n) is 6.37. The fourth-order valence-corrected chi connectivity index (χ4v) is 2.32. The van der Waals surface area contributed by atoms with Crippen LogP contribution in [0.2, 0.25) is 0 Å². The van der Waals surface area contributed by atoms with Crippen molar-refractivity contribution in [2.75, 3.05) is 26.7 Å². The van der Waals surface area contributed by atoms with E-state index >= 15 is 0 Å². The number of aliphatic hydroxyl groups excluding tert-OH is 1. The van der Waals surface area contributed by atoms with Crippen LogP contribution < -0.4 is 4.74 Å². The fourth-order valence-electron chi connectivity index (χ4n) is 2.32. The fraction of sp³-hybridized carbons (Fsp3) is 0.381. The van der Waals surface area contributed by atoms with Gasteiger partial charge in [0.2, 0.25) is 0 Å². The van der Waals surface area contributed by atoms with Gasteiger partial charge < -0.3 is 9.84 Å². The molecule has 0 saturated carbocycles. The van der Waals surface area contributed by atoms with Crippen LogP contribution in [0.1, 0.15) is 30.6 Å². The summed E-state index contributed by atoms with van der Waals surface area (Å²) in [5.74, 6) is -0.733. The molecule has 0 heterocycles. The molecule has 1 aromatic rings. The maximum atomic E-state index is 14.1. The highest BCUT2D eigenvalue weighted by Gasteiger charge is 2.15. The number of ether oxygens (including phenoxy) is 1. The standard InChI is InChI=1S/C21H28FNO3/c1-5-10-23(4)11-6-7-12-26-18-8-9-19(20(22)15-18)21(25)14-17(24)13-16(2)3/h5-9,13,15,17,24H,1,10-12,14H2,2-4H3/b7-6+/t17-/m1/s1. The lowest BCUT2D eigenvalue weighted by molar-refractivity contribution is 0.0918. The molecule has 1 atom stereocenters. The molecule has 0 saturated heterocycles. The van der Waals surface area contributed by atoms with E-state index in [0.29, 0.717) is 12.4 Å². The number of likely N-dealkylation sites (N-methyl/N-ethyl adjacent to an activating group) is 1. The number of hydrogen-bond donors (Lipinski definition) is 1. The highest BCUT2D eigenvalue weighted by molar-refractivity contribution is 5.96. The summed E-state index contributed by atoms with van der Waals surface area (Å²) in [4.78, 5) is 14.2. The van der Waals surface area contributed by atoms with Crippen molar-refractivity contribution in [3.63, 3.8) is 0 Å². The largest absolute Gasteiger partial charge is 0.489 e. The van der Waals surface area contributed by atoms with Gasteiger partial charge in [0.15, 0.2) is 5.78 Å². The lowest BCUT2D eigenvalue weighted by Gasteiger charge is -2.10. The van der Waals surface area contributed by atoms with Gasteiger partial charge in [0.25, 0.3) is 0 Å². The Morgan fingerprint density at radius 3 is 2.69 bits per heavy atom. The summed E-state index contributed by atoms with van der Waals surface area (Å²) in [7, 11) is 1.98. The molecule has 0 bridgehead atoms. The van der Waals surface area contributed by atoms with Crippen molar-refractivity contribution in [3.8, 4) is 5.75 Å². The molecule has 0 unspecified atom stereocenters. The summed E-state index contributed by atoms with van der Waals surface area (Å²) in [5.41, 5.74) is 0.860. The van der Waals surface area contributed by atoms with E-state index < -0.39 is 17.7 Å². The quantitative estimate of drug-likeness (QED) is 0.481. The van der Waals surface area contributed by atoms with Crippen molar-refractivity contribution in [2.24, 2.45) is 0 Å². The van der Waals surface area contributed by atoms with Crippen molar-refractivity contribution in [3.05, 3.63) is 66.0 Å². The molecule has 0 aliphatic rings. The van der Waals surface area contributed by atoms with Gasteiger partial charge in [0.1, 0.15) is 18.2 Å². The monoisotopic (exact) mass is 361 g/mol. The molecule has 0 aliphatic heterocycles. The van der Waals surface area contributed by atoms with Crippen LogP contribution in [-0.4, -0.2) is 48.6 Å². The molecule has 5 heteroatoms. The number of allylic oxidation sites excluding steroid dienone is 1. The molecule has 0 radical (unpaired) electrons. The predicted molar refractivity (Wildman–Crippen MR) is 103 cm³/mol. The topological polar surface area (TPSA) is 49.8 Å². The molecular formula is C21H28FNO3. The summed E-state index contributed by atoms with van der Waals surface area (Å²) in [6, 6.07) is 4.14. The number of nitrogens with zero attached hydrogens (tertiary/aromatic N) is 1. The molecule has 1 aromatic carbocycles. The zero-order valence-electron chi connectivity index (χ0n) is 15.7. The minimum atomic E-state index is -0.910. The van der Waals surface area contributed by atoms with Crippen LogP contribution in [0, 0.1) is 5.82 Å². The molecule has 142 valence electrons.